The molecule has 1 aromatic heterocycles. The van der Waals surface area contributed by atoms with Crippen LogP contribution in [-0.2, 0) is 13.0 Å². The van der Waals surface area contributed by atoms with Gasteiger partial charge in [-0.2, -0.15) is 5.10 Å². The Hall–Kier alpha value is -2.37. The van der Waals surface area contributed by atoms with Gasteiger partial charge in [-0.25, -0.2) is 4.39 Å². The monoisotopic (exact) mass is 275 g/mol. The molecule has 2 rings (SSSR count). The minimum atomic E-state index is -0.209. The number of aromatic nitrogens is 2. The van der Waals surface area contributed by atoms with Gasteiger partial charge in [0.05, 0.1) is 12.2 Å². The van der Waals surface area contributed by atoms with Gasteiger partial charge in [-0.1, -0.05) is 12.1 Å². The molecule has 5 nitrogen and oxygen atoms in total. The average Bonchev–Trinajstić information content (AvgIpc) is 2.98. The van der Waals surface area contributed by atoms with Gasteiger partial charge in [0.1, 0.15) is 5.82 Å². The highest BCUT2D eigenvalue weighted by Crippen LogP contribution is 2.02. The van der Waals surface area contributed by atoms with Crippen molar-refractivity contribution in [3.8, 4) is 0 Å². The number of H-pyrrole nitrogens is 1. The Morgan fingerprint density at radius 3 is 2.70 bits per heavy atom. The zero-order valence-electron chi connectivity index (χ0n) is 11.4. The third-order valence-corrected chi connectivity index (χ3v) is 2.85. The normalized spacial score (nSPS) is 11.4. The minimum absolute atomic E-state index is 0.209. The first-order valence-corrected chi connectivity index (χ1v) is 6.45. The van der Waals surface area contributed by atoms with Crippen molar-refractivity contribution < 1.29 is 4.39 Å². The van der Waals surface area contributed by atoms with E-state index in [1.807, 2.05) is 6.07 Å². The summed E-state index contributed by atoms with van der Waals surface area (Å²) in [6, 6.07) is 8.43. The van der Waals surface area contributed by atoms with Crippen LogP contribution in [0.15, 0.2) is 41.5 Å². The highest BCUT2D eigenvalue weighted by Gasteiger charge is 1.99. The number of aromatic amines is 1. The Balaban J connectivity index is 1.72. The molecule has 0 saturated carbocycles. The van der Waals surface area contributed by atoms with Crippen molar-refractivity contribution in [2.75, 3.05) is 13.6 Å². The van der Waals surface area contributed by atoms with E-state index in [0.29, 0.717) is 6.54 Å². The van der Waals surface area contributed by atoms with Gasteiger partial charge < -0.3 is 10.6 Å². The maximum atomic E-state index is 12.8. The predicted octanol–water partition coefficient (Wildman–Crippen LogP) is 1.46. The maximum absolute atomic E-state index is 12.8. The SMILES string of the molecule is CN=C(NCCc1ccc(F)cc1)NCc1ccn[nH]1. The van der Waals surface area contributed by atoms with Crippen LogP contribution in [-0.4, -0.2) is 29.7 Å². The Morgan fingerprint density at radius 2 is 2.05 bits per heavy atom. The van der Waals surface area contributed by atoms with Crippen LogP contribution < -0.4 is 10.6 Å². The van der Waals surface area contributed by atoms with E-state index in [1.54, 1.807) is 25.4 Å². The highest BCUT2D eigenvalue weighted by molar-refractivity contribution is 5.79. The van der Waals surface area contributed by atoms with Gasteiger partial charge in [0, 0.05) is 19.8 Å². The van der Waals surface area contributed by atoms with Gasteiger partial charge >= 0.3 is 0 Å². The van der Waals surface area contributed by atoms with Crippen LogP contribution in [0.1, 0.15) is 11.3 Å². The summed E-state index contributed by atoms with van der Waals surface area (Å²) < 4.78 is 12.8. The van der Waals surface area contributed by atoms with E-state index in [-0.39, 0.29) is 5.82 Å². The summed E-state index contributed by atoms with van der Waals surface area (Å²) in [6.45, 7) is 1.37. The highest BCUT2D eigenvalue weighted by atomic mass is 19.1. The number of guanidine groups is 1. The average molecular weight is 275 g/mol. The molecular weight excluding hydrogens is 257 g/mol. The van der Waals surface area contributed by atoms with Crippen LogP contribution in [0.3, 0.4) is 0 Å². The molecule has 0 radical (unpaired) electrons. The molecule has 0 fully saturated rings. The molecule has 1 heterocycles. The van der Waals surface area contributed by atoms with E-state index >= 15 is 0 Å². The zero-order valence-corrected chi connectivity index (χ0v) is 11.4. The van der Waals surface area contributed by atoms with Crippen molar-refractivity contribution in [3.05, 3.63) is 53.6 Å². The number of hydrogen-bond acceptors (Lipinski definition) is 2. The first-order chi connectivity index (χ1) is 9.78. The fourth-order valence-corrected chi connectivity index (χ4v) is 1.76. The van der Waals surface area contributed by atoms with Crippen LogP contribution >= 0.6 is 0 Å². The molecule has 0 spiro atoms. The Kier molecular flexibility index (Phi) is 5.11. The van der Waals surface area contributed by atoms with Crippen molar-refractivity contribution in [3.63, 3.8) is 0 Å². The number of hydrogen-bond donors (Lipinski definition) is 3. The second-order valence-electron chi connectivity index (χ2n) is 4.31. The van der Waals surface area contributed by atoms with Crippen LogP contribution in [0.25, 0.3) is 0 Å². The molecule has 0 amide bonds. The lowest BCUT2D eigenvalue weighted by Crippen LogP contribution is -2.37. The van der Waals surface area contributed by atoms with Crippen molar-refractivity contribution in [2.24, 2.45) is 4.99 Å². The minimum Gasteiger partial charge on any atom is -0.356 e. The summed E-state index contributed by atoms with van der Waals surface area (Å²) in [6.07, 6.45) is 2.52. The summed E-state index contributed by atoms with van der Waals surface area (Å²) >= 11 is 0. The largest absolute Gasteiger partial charge is 0.356 e. The van der Waals surface area contributed by atoms with Crippen LogP contribution in [0.2, 0.25) is 0 Å². The fourth-order valence-electron chi connectivity index (χ4n) is 1.76. The molecule has 0 bridgehead atoms. The van der Waals surface area contributed by atoms with Gasteiger partial charge in [0.2, 0.25) is 0 Å². The Morgan fingerprint density at radius 1 is 1.25 bits per heavy atom. The first-order valence-electron chi connectivity index (χ1n) is 6.45. The molecule has 0 aliphatic rings. The molecule has 0 aliphatic carbocycles. The lowest BCUT2D eigenvalue weighted by atomic mass is 10.1. The van der Waals surface area contributed by atoms with Crippen molar-refractivity contribution in [1.82, 2.24) is 20.8 Å². The van der Waals surface area contributed by atoms with Crippen molar-refractivity contribution in [1.29, 1.82) is 0 Å². The zero-order chi connectivity index (χ0) is 14.2. The lowest BCUT2D eigenvalue weighted by molar-refractivity contribution is 0.626. The molecule has 2 aromatic rings. The Labute approximate surface area is 117 Å². The summed E-state index contributed by atoms with van der Waals surface area (Å²) in [5, 5.41) is 13.1. The number of rotatable bonds is 5. The Bertz CT molecular complexity index is 533. The number of halogens is 1. The molecule has 0 aliphatic heterocycles. The van der Waals surface area contributed by atoms with E-state index < -0.39 is 0 Å². The van der Waals surface area contributed by atoms with Crippen molar-refractivity contribution in [2.45, 2.75) is 13.0 Å². The van der Waals surface area contributed by atoms with Gasteiger partial charge in [-0.3, -0.25) is 10.1 Å². The van der Waals surface area contributed by atoms with Gasteiger partial charge in [-0.15, -0.1) is 0 Å². The molecule has 0 unspecified atom stereocenters. The van der Waals surface area contributed by atoms with Crippen LogP contribution in [0, 0.1) is 5.82 Å². The lowest BCUT2D eigenvalue weighted by Gasteiger charge is -2.11. The molecule has 20 heavy (non-hydrogen) atoms. The number of nitrogens with zero attached hydrogens (tertiary/aromatic N) is 2. The van der Waals surface area contributed by atoms with E-state index in [0.717, 1.165) is 30.2 Å². The summed E-state index contributed by atoms with van der Waals surface area (Å²) in [5.74, 6) is 0.514. The van der Waals surface area contributed by atoms with E-state index in [9.17, 15) is 4.39 Å². The molecule has 0 saturated heterocycles. The third-order valence-electron chi connectivity index (χ3n) is 2.85. The van der Waals surface area contributed by atoms with Crippen LogP contribution in [0.4, 0.5) is 4.39 Å². The second-order valence-corrected chi connectivity index (χ2v) is 4.31. The standard InChI is InChI=1S/C14H18FN5/c1-16-14(18-10-13-7-9-19-20-13)17-8-6-11-2-4-12(15)5-3-11/h2-5,7,9H,6,8,10H2,1H3,(H,19,20)(H2,16,17,18). The summed E-state index contributed by atoms with van der Waals surface area (Å²) in [7, 11) is 1.72. The maximum Gasteiger partial charge on any atom is 0.191 e. The second kappa shape index (κ2) is 7.28. The topological polar surface area (TPSA) is 65.1 Å². The predicted molar refractivity (Wildman–Crippen MR) is 76.9 cm³/mol. The third kappa shape index (κ3) is 4.38. The van der Waals surface area contributed by atoms with E-state index in [4.69, 9.17) is 0 Å². The fraction of sp³-hybridized carbons (Fsp3) is 0.286. The van der Waals surface area contributed by atoms with Gasteiger partial charge in [0.25, 0.3) is 0 Å². The summed E-state index contributed by atoms with van der Waals surface area (Å²) in [5.41, 5.74) is 2.08. The van der Waals surface area contributed by atoms with Crippen molar-refractivity contribution >= 4 is 5.96 Å². The molecule has 1 aromatic carbocycles. The molecule has 106 valence electrons. The summed E-state index contributed by atoms with van der Waals surface area (Å²) in [4.78, 5) is 4.13. The van der Waals surface area contributed by atoms with E-state index in [1.165, 1.54) is 12.1 Å². The van der Waals surface area contributed by atoms with E-state index in [2.05, 4.69) is 25.8 Å². The quantitative estimate of drug-likeness (QED) is 0.572. The first kappa shape index (κ1) is 14.0. The number of nitrogens with one attached hydrogen (secondary N) is 3. The van der Waals surface area contributed by atoms with Gasteiger partial charge in [0.15, 0.2) is 5.96 Å². The number of benzene rings is 1. The molecule has 3 N–H and O–H groups in total. The smallest absolute Gasteiger partial charge is 0.191 e. The molecule has 0 atom stereocenters. The van der Waals surface area contributed by atoms with Gasteiger partial charge in [-0.05, 0) is 30.2 Å². The molecular formula is C14H18FN5. The van der Waals surface area contributed by atoms with Crippen LogP contribution in [0.5, 0.6) is 0 Å². The molecule has 6 heteroatoms. The number of aliphatic imine (C=N–C) groups is 1.